The van der Waals surface area contributed by atoms with Crippen molar-refractivity contribution >= 4 is 23.0 Å². The SMILES string of the molecule is C=CC(=O)Nc1ccc(Nc2cc(F)c(C(F)(F)F)c(F)c2)c(-c2cn(C)cn2)c1. The zero-order chi connectivity index (χ0) is 22.1. The van der Waals surface area contributed by atoms with E-state index in [1.807, 2.05) is 0 Å². The predicted molar refractivity (Wildman–Crippen MR) is 102 cm³/mol. The standard InChI is InChI=1S/C20H15F5N4O/c1-3-18(30)28-11-4-5-16(13(6-11)17-9-29(2)10-26-17)27-12-7-14(21)19(15(22)8-12)20(23,24)25/h3-10,27H,1H2,2H3,(H,28,30). The summed E-state index contributed by atoms with van der Waals surface area (Å²) in [6.45, 7) is 3.36. The van der Waals surface area contributed by atoms with E-state index in [0.717, 1.165) is 6.08 Å². The third-order valence-corrected chi connectivity index (χ3v) is 4.06. The molecule has 0 unspecified atom stereocenters. The number of anilines is 3. The van der Waals surface area contributed by atoms with Gasteiger partial charge < -0.3 is 15.2 Å². The van der Waals surface area contributed by atoms with Crippen LogP contribution >= 0.6 is 0 Å². The molecule has 3 aromatic rings. The molecule has 0 atom stereocenters. The second kappa shape index (κ2) is 7.97. The van der Waals surface area contributed by atoms with Crippen LogP contribution in [0.4, 0.5) is 39.0 Å². The Morgan fingerprint density at radius 1 is 1.13 bits per heavy atom. The quantitative estimate of drug-likeness (QED) is 0.436. The summed E-state index contributed by atoms with van der Waals surface area (Å²) in [4.78, 5) is 15.8. The van der Waals surface area contributed by atoms with Gasteiger partial charge in [-0.3, -0.25) is 4.79 Å². The van der Waals surface area contributed by atoms with E-state index in [1.54, 1.807) is 23.9 Å². The molecule has 1 aromatic heterocycles. The highest BCUT2D eigenvalue weighted by Crippen LogP contribution is 2.37. The number of hydrogen-bond acceptors (Lipinski definition) is 3. The lowest BCUT2D eigenvalue weighted by Crippen LogP contribution is -2.12. The average Bonchev–Trinajstić information content (AvgIpc) is 3.07. The van der Waals surface area contributed by atoms with E-state index >= 15 is 0 Å². The largest absolute Gasteiger partial charge is 0.422 e. The molecule has 0 bridgehead atoms. The summed E-state index contributed by atoms with van der Waals surface area (Å²) in [6.07, 6.45) is -0.893. The molecule has 1 amide bonds. The molecule has 0 spiro atoms. The van der Waals surface area contributed by atoms with Crippen molar-refractivity contribution in [1.82, 2.24) is 9.55 Å². The highest BCUT2D eigenvalue weighted by molar-refractivity contribution is 5.99. The van der Waals surface area contributed by atoms with Crippen molar-refractivity contribution in [2.75, 3.05) is 10.6 Å². The van der Waals surface area contributed by atoms with Crippen LogP contribution in [0.1, 0.15) is 5.56 Å². The Hall–Kier alpha value is -3.69. The van der Waals surface area contributed by atoms with Gasteiger partial charge in [-0.05, 0) is 36.4 Å². The van der Waals surface area contributed by atoms with Crippen molar-refractivity contribution in [2.45, 2.75) is 6.18 Å². The van der Waals surface area contributed by atoms with Crippen LogP contribution in [0.5, 0.6) is 0 Å². The molecule has 0 aliphatic carbocycles. The summed E-state index contributed by atoms with van der Waals surface area (Å²) in [6, 6.07) is 5.68. The Balaban J connectivity index is 2.03. The zero-order valence-electron chi connectivity index (χ0n) is 15.5. The van der Waals surface area contributed by atoms with Gasteiger partial charge in [0.15, 0.2) is 0 Å². The number of hydrogen-bond donors (Lipinski definition) is 2. The molecule has 5 nitrogen and oxygen atoms in total. The number of benzene rings is 2. The monoisotopic (exact) mass is 422 g/mol. The topological polar surface area (TPSA) is 59.0 Å². The van der Waals surface area contributed by atoms with Crippen molar-refractivity contribution in [2.24, 2.45) is 7.05 Å². The van der Waals surface area contributed by atoms with E-state index in [0.29, 0.717) is 34.8 Å². The van der Waals surface area contributed by atoms with E-state index in [9.17, 15) is 26.7 Å². The predicted octanol–water partition coefficient (Wildman–Crippen LogP) is 5.25. The molecule has 0 fully saturated rings. The van der Waals surface area contributed by atoms with E-state index in [2.05, 4.69) is 22.2 Å². The second-order valence-electron chi connectivity index (χ2n) is 6.32. The molecule has 0 saturated carbocycles. The first kappa shape index (κ1) is 21.0. The van der Waals surface area contributed by atoms with E-state index in [-0.39, 0.29) is 5.69 Å². The van der Waals surface area contributed by atoms with Crippen molar-refractivity contribution in [1.29, 1.82) is 0 Å². The molecule has 0 aliphatic rings. The number of carbonyl (C=O) groups excluding carboxylic acids is 1. The molecule has 10 heteroatoms. The number of nitrogens with one attached hydrogen (secondary N) is 2. The molecule has 0 radical (unpaired) electrons. The Labute approximate surface area is 167 Å². The van der Waals surface area contributed by atoms with Gasteiger partial charge in [0.2, 0.25) is 5.91 Å². The number of amides is 1. The fourth-order valence-electron chi connectivity index (χ4n) is 2.76. The highest BCUT2D eigenvalue weighted by atomic mass is 19.4. The first-order valence-electron chi connectivity index (χ1n) is 8.47. The lowest BCUT2D eigenvalue weighted by Gasteiger charge is -2.15. The molecular weight excluding hydrogens is 407 g/mol. The number of aryl methyl sites for hydroxylation is 1. The van der Waals surface area contributed by atoms with E-state index < -0.39 is 29.3 Å². The molecule has 3 rings (SSSR count). The van der Waals surface area contributed by atoms with Crippen molar-refractivity contribution in [3.8, 4) is 11.3 Å². The lowest BCUT2D eigenvalue weighted by atomic mass is 10.1. The van der Waals surface area contributed by atoms with Crippen LogP contribution in [0.3, 0.4) is 0 Å². The summed E-state index contributed by atoms with van der Waals surface area (Å²) in [5.74, 6) is -3.92. The Morgan fingerprint density at radius 2 is 1.80 bits per heavy atom. The Kier molecular flexibility index (Phi) is 5.59. The minimum absolute atomic E-state index is 0.224. The first-order chi connectivity index (χ1) is 14.1. The van der Waals surface area contributed by atoms with Crippen LogP contribution in [-0.2, 0) is 18.0 Å². The molecule has 2 N–H and O–H groups in total. The molecular formula is C20H15F5N4O. The third-order valence-electron chi connectivity index (χ3n) is 4.06. The maximum atomic E-state index is 13.9. The fourth-order valence-corrected chi connectivity index (χ4v) is 2.76. The van der Waals surface area contributed by atoms with Gasteiger partial charge in [0.25, 0.3) is 0 Å². The van der Waals surface area contributed by atoms with Crippen LogP contribution < -0.4 is 10.6 Å². The molecule has 2 aromatic carbocycles. The van der Waals surface area contributed by atoms with Gasteiger partial charge in [0, 0.05) is 35.9 Å². The van der Waals surface area contributed by atoms with Gasteiger partial charge in [-0.15, -0.1) is 0 Å². The minimum atomic E-state index is -5.16. The number of imidazole rings is 1. The van der Waals surface area contributed by atoms with Crippen molar-refractivity contribution in [3.63, 3.8) is 0 Å². The Morgan fingerprint density at radius 3 is 2.33 bits per heavy atom. The molecule has 156 valence electrons. The molecule has 1 heterocycles. The van der Waals surface area contributed by atoms with Gasteiger partial charge in [-0.25, -0.2) is 13.8 Å². The number of carbonyl (C=O) groups is 1. The highest BCUT2D eigenvalue weighted by Gasteiger charge is 2.38. The van der Waals surface area contributed by atoms with Crippen LogP contribution in [0.25, 0.3) is 11.3 Å². The van der Waals surface area contributed by atoms with Crippen LogP contribution in [-0.4, -0.2) is 15.5 Å². The summed E-state index contributed by atoms with van der Waals surface area (Å²) >= 11 is 0. The normalized spacial score (nSPS) is 11.3. The summed E-state index contributed by atoms with van der Waals surface area (Å²) in [5, 5.41) is 5.28. The minimum Gasteiger partial charge on any atom is -0.355 e. The first-order valence-corrected chi connectivity index (χ1v) is 8.47. The number of rotatable bonds is 5. The van der Waals surface area contributed by atoms with Gasteiger partial charge in [0.05, 0.1) is 12.0 Å². The van der Waals surface area contributed by atoms with Gasteiger partial charge in [-0.1, -0.05) is 6.58 Å². The van der Waals surface area contributed by atoms with Gasteiger partial charge in [0.1, 0.15) is 17.2 Å². The maximum Gasteiger partial charge on any atom is 0.422 e. The maximum absolute atomic E-state index is 13.9. The zero-order valence-corrected chi connectivity index (χ0v) is 15.5. The van der Waals surface area contributed by atoms with Crippen LogP contribution in [0.15, 0.2) is 55.5 Å². The summed E-state index contributed by atoms with van der Waals surface area (Å²) in [7, 11) is 1.73. The Bertz CT molecular complexity index is 1100. The molecule has 0 aliphatic heterocycles. The smallest absolute Gasteiger partial charge is 0.355 e. The average molecular weight is 422 g/mol. The van der Waals surface area contributed by atoms with E-state index in [4.69, 9.17) is 0 Å². The van der Waals surface area contributed by atoms with Crippen molar-refractivity contribution < 1.29 is 26.7 Å². The summed E-state index contributed by atoms with van der Waals surface area (Å²) in [5.41, 5.74) is -0.570. The number of aromatic nitrogens is 2. The third kappa shape index (κ3) is 4.48. The van der Waals surface area contributed by atoms with Crippen LogP contribution in [0.2, 0.25) is 0 Å². The fraction of sp³-hybridized carbons (Fsp3) is 0.100. The number of nitrogens with zero attached hydrogens (tertiary/aromatic N) is 2. The van der Waals surface area contributed by atoms with Crippen molar-refractivity contribution in [3.05, 3.63) is 72.7 Å². The van der Waals surface area contributed by atoms with Gasteiger partial charge in [-0.2, -0.15) is 13.2 Å². The van der Waals surface area contributed by atoms with E-state index in [1.165, 1.54) is 18.5 Å². The second-order valence-corrected chi connectivity index (χ2v) is 6.32. The van der Waals surface area contributed by atoms with Crippen LogP contribution in [0, 0.1) is 11.6 Å². The number of halogens is 5. The number of alkyl halides is 3. The summed E-state index contributed by atoms with van der Waals surface area (Å²) < 4.78 is 67.8. The molecule has 0 saturated heterocycles. The van der Waals surface area contributed by atoms with Gasteiger partial charge >= 0.3 is 6.18 Å². The lowest BCUT2D eigenvalue weighted by molar-refractivity contribution is -0.142. The molecule has 30 heavy (non-hydrogen) atoms.